The van der Waals surface area contributed by atoms with Crippen molar-refractivity contribution >= 4 is 11.8 Å². The molecule has 0 amide bonds. The molecule has 0 saturated heterocycles. The van der Waals surface area contributed by atoms with E-state index in [1.54, 1.807) is 13.8 Å². The molecule has 19 heavy (non-hydrogen) atoms. The van der Waals surface area contributed by atoms with Crippen molar-refractivity contribution in [1.82, 2.24) is 0 Å². The van der Waals surface area contributed by atoms with Crippen LogP contribution >= 0.6 is 0 Å². The highest BCUT2D eigenvalue weighted by Gasteiger charge is 2.56. The van der Waals surface area contributed by atoms with E-state index >= 15 is 0 Å². The van der Waals surface area contributed by atoms with Crippen LogP contribution in [0.4, 0.5) is 0 Å². The summed E-state index contributed by atoms with van der Waals surface area (Å²) in [5, 5.41) is 9.55. The Kier molecular flexibility index (Phi) is 3.49. The number of nitrogens with zero attached hydrogens (tertiary/aromatic N) is 1. The molecule has 2 aliphatic carbocycles. The first-order valence-corrected chi connectivity index (χ1v) is 6.77. The maximum Gasteiger partial charge on any atom is 0.327 e. The quantitative estimate of drug-likeness (QED) is 0.716. The first-order chi connectivity index (χ1) is 8.92. The topological polar surface area (TPSA) is 67.2 Å². The number of rotatable bonds is 2. The van der Waals surface area contributed by atoms with Gasteiger partial charge in [0.2, 0.25) is 0 Å². The van der Waals surface area contributed by atoms with Crippen LogP contribution in [-0.4, -0.2) is 17.9 Å². The third-order valence-electron chi connectivity index (χ3n) is 4.05. The molecule has 1 unspecified atom stereocenters. The molecule has 4 nitrogen and oxygen atoms in total. The molecule has 0 heterocycles. The second-order valence-corrected chi connectivity index (χ2v) is 5.78. The molecule has 0 spiro atoms. The summed E-state index contributed by atoms with van der Waals surface area (Å²) in [4.78, 5) is 24.3. The predicted molar refractivity (Wildman–Crippen MR) is 68.9 cm³/mol. The summed E-state index contributed by atoms with van der Waals surface area (Å²) in [7, 11) is 0. The number of carbonyl (C=O) groups is 2. The zero-order valence-corrected chi connectivity index (χ0v) is 11.7. The van der Waals surface area contributed by atoms with Gasteiger partial charge in [0.05, 0.1) is 12.2 Å². The Balaban J connectivity index is 2.38. The zero-order valence-electron chi connectivity index (χ0n) is 11.7. The Morgan fingerprint density at radius 1 is 1.53 bits per heavy atom. The van der Waals surface area contributed by atoms with Crippen LogP contribution in [0.15, 0.2) is 11.1 Å². The van der Waals surface area contributed by atoms with E-state index in [0.29, 0.717) is 18.4 Å². The number of Topliss-reactive ketones (excluding diaryl/α,β-unsaturated/α-hetero) is 1. The van der Waals surface area contributed by atoms with E-state index in [1.807, 2.05) is 6.92 Å². The standard InChI is InChI=1S/C15H19NO3/c1-9(2)19-14(18)15(8-16)7-10(3)13-11(15)5-4-6-12(13)17/h9,11H,4-7H2,1-3H3/t11-,15?/m0/s1. The van der Waals surface area contributed by atoms with E-state index in [9.17, 15) is 14.9 Å². The smallest absolute Gasteiger partial charge is 0.327 e. The highest BCUT2D eigenvalue weighted by atomic mass is 16.5. The molecule has 2 aliphatic rings. The van der Waals surface area contributed by atoms with Gasteiger partial charge in [-0.25, -0.2) is 0 Å². The van der Waals surface area contributed by atoms with Crippen LogP contribution in [-0.2, 0) is 14.3 Å². The number of hydrogen-bond donors (Lipinski definition) is 0. The molecule has 0 aromatic heterocycles. The Hall–Kier alpha value is -1.63. The van der Waals surface area contributed by atoms with Crippen molar-refractivity contribution in [2.75, 3.05) is 0 Å². The molecule has 102 valence electrons. The van der Waals surface area contributed by atoms with E-state index in [-0.39, 0.29) is 17.8 Å². The molecule has 0 aliphatic heterocycles. The van der Waals surface area contributed by atoms with Gasteiger partial charge in [0.25, 0.3) is 0 Å². The number of nitriles is 1. The Labute approximate surface area is 113 Å². The van der Waals surface area contributed by atoms with Gasteiger partial charge in [0, 0.05) is 12.3 Å². The normalized spacial score (nSPS) is 30.3. The summed E-state index contributed by atoms with van der Waals surface area (Å²) in [6, 6.07) is 2.16. The molecule has 0 radical (unpaired) electrons. The van der Waals surface area contributed by atoms with E-state index in [0.717, 1.165) is 18.4 Å². The number of allylic oxidation sites excluding steroid dienone is 2. The average Bonchev–Trinajstić information content (AvgIpc) is 2.64. The maximum absolute atomic E-state index is 12.3. The molecule has 2 atom stereocenters. The molecular weight excluding hydrogens is 242 g/mol. The Morgan fingerprint density at radius 3 is 2.79 bits per heavy atom. The highest BCUT2D eigenvalue weighted by Crippen LogP contribution is 2.52. The van der Waals surface area contributed by atoms with Crippen molar-refractivity contribution in [2.24, 2.45) is 11.3 Å². The van der Waals surface area contributed by atoms with Gasteiger partial charge < -0.3 is 4.74 Å². The Morgan fingerprint density at radius 2 is 2.21 bits per heavy atom. The molecule has 1 saturated carbocycles. The fraction of sp³-hybridized carbons (Fsp3) is 0.667. The molecular formula is C15H19NO3. The fourth-order valence-electron chi connectivity index (χ4n) is 3.30. The summed E-state index contributed by atoms with van der Waals surface area (Å²) >= 11 is 0. The first-order valence-electron chi connectivity index (χ1n) is 6.77. The van der Waals surface area contributed by atoms with Crippen molar-refractivity contribution in [3.63, 3.8) is 0 Å². The van der Waals surface area contributed by atoms with Crippen LogP contribution in [0.25, 0.3) is 0 Å². The minimum Gasteiger partial charge on any atom is -0.462 e. The first kappa shape index (κ1) is 13.8. The monoisotopic (exact) mass is 261 g/mol. The summed E-state index contributed by atoms with van der Waals surface area (Å²) in [5.41, 5.74) is 0.421. The van der Waals surface area contributed by atoms with Crippen LogP contribution in [0.2, 0.25) is 0 Å². The summed E-state index contributed by atoms with van der Waals surface area (Å²) < 4.78 is 5.26. The van der Waals surface area contributed by atoms with Gasteiger partial charge in [0.15, 0.2) is 11.2 Å². The largest absolute Gasteiger partial charge is 0.462 e. The van der Waals surface area contributed by atoms with Crippen molar-refractivity contribution in [3.05, 3.63) is 11.1 Å². The van der Waals surface area contributed by atoms with Gasteiger partial charge in [-0.2, -0.15) is 5.26 Å². The lowest BCUT2D eigenvalue weighted by Crippen LogP contribution is -2.39. The molecule has 0 aromatic carbocycles. The van der Waals surface area contributed by atoms with Crippen LogP contribution in [0, 0.1) is 22.7 Å². The van der Waals surface area contributed by atoms with E-state index in [2.05, 4.69) is 6.07 Å². The van der Waals surface area contributed by atoms with E-state index in [1.165, 1.54) is 0 Å². The number of esters is 1. The van der Waals surface area contributed by atoms with Crippen molar-refractivity contribution in [1.29, 1.82) is 5.26 Å². The SMILES string of the molecule is CC1=C2C(=O)CCC[C@@H]2C(C#N)(C(=O)OC(C)C)C1. The van der Waals surface area contributed by atoms with Gasteiger partial charge in [-0.3, -0.25) is 9.59 Å². The lowest BCUT2D eigenvalue weighted by Gasteiger charge is -2.31. The van der Waals surface area contributed by atoms with E-state index < -0.39 is 11.4 Å². The third-order valence-corrected chi connectivity index (χ3v) is 4.05. The minimum absolute atomic E-state index is 0.100. The zero-order chi connectivity index (χ0) is 14.2. The van der Waals surface area contributed by atoms with E-state index in [4.69, 9.17) is 4.74 Å². The second-order valence-electron chi connectivity index (χ2n) is 5.78. The van der Waals surface area contributed by atoms with Gasteiger partial charge in [-0.05, 0) is 45.6 Å². The lowest BCUT2D eigenvalue weighted by molar-refractivity contribution is -0.158. The summed E-state index contributed by atoms with van der Waals surface area (Å²) in [6.07, 6.45) is 2.09. The molecule has 2 rings (SSSR count). The fourth-order valence-corrected chi connectivity index (χ4v) is 3.30. The van der Waals surface area contributed by atoms with Gasteiger partial charge >= 0.3 is 5.97 Å². The molecule has 0 aromatic rings. The molecule has 1 fully saturated rings. The van der Waals surface area contributed by atoms with Crippen LogP contribution in [0.3, 0.4) is 0 Å². The summed E-state index contributed by atoms with van der Waals surface area (Å²) in [6.45, 7) is 5.39. The third kappa shape index (κ3) is 2.07. The van der Waals surface area contributed by atoms with Gasteiger partial charge in [0.1, 0.15) is 0 Å². The molecule has 4 heteroatoms. The minimum atomic E-state index is -1.18. The van der Waals surface area contributed by atoms with Gasteiger partial charge in [-0.15, -0.1) is 0 Å². The van der Waals surface area contributed by atoms with Crippen LogP contribution < -0.4 is 0 Å². The van der Waals surface area contributed by atoms with Crippen molar-refractivity contribution in [2.45, 2.75) is 52.6 Å². The Bertz CT molecular complexity index is 498. The second kappa shape index (κ2) is 4.80. The number of ketones is 1. The number of carbonyl (C=O) groups excluding carboxylic acids is 2. The molecule has 0 N–H and O–H groups in total. The van der Waals surface area contributed by atoms with Crippen molar-refractivity contribution in [3.8, 4) is 6.07 Å². The van der Waals surface area contributed by atoms with Crippen molar-refractivity contribution < 1.29 is 14.3 Å². The van der Waals surface area contributed by atoms with Crippen LogP contribution in [0.5, 0.6) is 0 Å². The molecule has 0 bridgehead atoms. The maximum atomic E-state index is 12.3. The number of ether oxygens (including phenoxy) is 1. The number of hydrogen-bond acceptors (Lipinski definition) is 4. The van der Waals surface area contributed by atoms with Gasteiger partial charge in [-0.1, -0.05) is 5.57 Å². The lowest BCUT2D eigenvalue weighted by atomic mass is 9.70. The van der Waals surface area contributed by atoms with Crippen LogP contribution in [0.1, 0.15) is 46.5 Å². The number of fused-ring (bicyclic) bond motifs is 1. The summed E-state index contributed by atoms with van der Waals surface area (Å²) in [5.74, 6) is -0.646. The highest BCUT2D eigenvalue weighted by molar-refractivity contribution is 6.00. The average molecular weight is 261 g/mol. The predicted octanol–water partition coefficient (Wildman–Crippen LogP) is 2.54.